The highest BCUT2D eigenvalue weighted by molar-refractivity contribution is 5.91. The van der Waals surface area contributed by atoms with Gasteiger partial charge in [-0.25, -0.2) is 4.98 Å². The minimum atomic E-state index is -0.0699. The standard InChI is InChI=1S/C24H24N4O/c1-17-14-21(10-13-26-17)19-4-2-18(3-5-19)15-24(29)28-23-7-6-22(16-27-23)20-8-11-25-12-9-20/h2-8,10-11,13-14,16,20,25H,9,12,15H2,1H3,(H,27,28,29). The van der Waals surface area contributed by atoms with Crippen LogP contribution < -0.4 is 10.6 Å². The van der Waals surface area contributed by atoms with Gasteiger partial charge in [0.2, 0.25) is 5.91 Å². The van der Waals surface area contributed by atoms with Gasteiger partial charge in [-0.3, -0.25) is 9.78 Å². The Hall–Kier alpha value is -3.47. The van der Waals surface area contributed by atoms with Gasteiger partial charge in [-0.05, 0) is 60.0 Å². The first-order valence-corrected chi connectivity index (χ1v) is 9.85. The van der Waals surface area contributed by atoms with Crippen molar-refractivity contribution >= 4 is 11.7 Å². The highest BCUT2D eigenvalue weighted by atomic mass is 16.1. The predicted octanol–water partition coefficient (Wildman–Crippen LogP) is 4.22. The van der Waals surface area contributed by atoms with Gasteiger partial charge in [0.15, 0.2) is 0 Å². The van der Waals surface area contributed by atoms with Crippen molar-refractivity contribution in [3.8, 4) is 11.1 Å². The summed E-state index contributed by atoms with van der Waals surface area (Å²) >= 11 is 0. The molecular formula is C24H24N4O. The summed E-state index contributed by atoms with van der Waals surface area (Å²) in [4.78, 5) is 21.0. The van der Waals surface area contributed by atoms with E-state index in [4.69, 9.17) is 0 Å². The molecule has 1 aliphatic rings. The summed E-state index contributed by atoms with van der Waals surface area (Å²) in [5.41, 5.74) is 5.36. The third kappa shape index (κ3) is 4.88. The lowest BCUT2D eigenvalue weighted by molar-refractivity contribution is -0.115. The zero-order valence-corrected chi connectivity index (χ0v) is 16.4. The van der Waals surface area contributed by atoms with Gasteiger partial charge < -0.3 is 10.6 Å². The minimum Gasteiger partial charge on any atom is -0.391 e. The van der Waals surface area contributed by atoms with Crippen LogP contribution >= 0.6 is 0 Å². The van der Waals surface area contributed by atoms with Crippen molar-refractivity contribution in [1.29, 1.82) is 0 Å². The van der Waals surface area contributed by atoms with E-state index < -0.39 is 0 Å². The summed E-state index contributed by atoms with van der Waals surface area (Å²) in [6.07, 6.45) is 9.17. The van der Waals surface area contributed by atoms with Crippen LogP contribution in [-0.2, 0) is 11.2 Å². The van der Waals surface area contributed by atoms with Gasteiger partial charge in [0.1, 0.15) is 5.82 Å². The maximum atomic E-state index is 12.4. The molecule has 2 N–H and O–H groups in total. The van der Waals surface area contributed by atoms with Crippen molar-refractivity contribution in [2.45, 2.75) is 25.7 Å². The lowest BCUT2D eigenvalue weighted by atomic mass is 9.96. The zero-order valence-electron chi connectivity index (χ0n) is 16.4. The topological polar surface area (TPSA) is 66.9 Å². The maximum Gasteiger partial charge on any atom is 0.229 e. The first-order chi connectivity index (χ1) is 14.2. The molecule has 0 bridgehead atoms. The molecule has 1 aliphatic heterocycles. The second-order valence-electron chi connectivity index (χ2n) is 7.29. The molecule has 1 amide bonds. The minimum absolute atomic E-state index is 0.0699. The van der Waals surface area contributed by atoms with Crippen molar-refractivity contribution in [3.05, 3.63) is 90.0 Å². The molecule has 0 spiro atoms. The zero-order chi connectivity index (χ0) is 20.1. The highest BCUT2D eigenvalue weighted by Crippen LogP contribution is 2.23. The summed E-state index contributed by atoms with van der Waals surface area (Å²) in [7, 11) is 0. The number of pyridine rings is 2. The van der Waals surface area contributed by atoms with Crippen LogP contribution in [-0.4, -0.2) is 22.4 Å². The van der Waals surface area contributed by atoms with Crippen molar-refractivity contribution in [2.24, 2.45) is 0 Å². The quantitative estimate of drug-likeness (QED) is 0.691. The van der Waals surface area contributed by atoms with Gasteiger partial charge in [0, 0.05) is 30.6 Å². The highest BCUT2D eigenvalue weighted by Gasteiger charge is 2.12. The third-order valence-corrected chi connectivity index (χ3v) is 5.08. The molecule has 0 aliphatic carbocycles. The average molecular weight is 384 g/mol. The predicted molar refractivity (Wildman–Crippen MR) is 115 cm³/mol. The van der Waals surface area contributed by atoms with Gasteiger partial charge in [-0.2, -0.15) is 0 Å². The number of aromatic nitrogens is 2. The van der Waals surface area contributed by atoms with E-state index in [0.717, 1.165) is 35.3 Å². The van der Waals surface area contributed by atoms with Crippen molar-refractivity contribution < 1.29 is 4.79 Å². The number of aryl methyl sites for hydroxylation is 1. The Bertz CT molecular complexity index is 1010. The Kier molecular flexibility index (Phi) is 5.66. The first kappa shape index (κ1) is 18.9. The lowest BCUT2D eigenvalue weighted by Crippen LogP contribution is -2.17. The Morgan fingerprint density at radius 3 is 2.66 bits per heavy atom. The Morgan fingerprint density at radius 1 is 1.10 bits per heavy atom. The maximum absolute atomic E-state index is 12.4. The summed E-state index contributed by atoms with van der Waals surface area (Å²) in [6.45, 7) is 2.95. The normalized spacial score (nSPS) is 15.6. The first-order valence-electron chi connectivity index (χ1n) is 9.85. The molecule has 0 saturated carbocycles. The molecule has 0 saturated heterocycles. The number of nitrogens with one attached hydrogen (secondary N) is 2. The third-order valence-electron chi connectivity index (χ3n) is 5.08. The molecule has 1 aromatic carbocycles. The Balaban J connectivity index is 1.35. The second-order valence-corrected chi connectivity index (χ2v) is 7.29. The fraction of sp³-hybridized carbons (Fsp3) is 0.208. The van der Waals surface area contributed by atoms with Crippen LogP contribution in [0.5, 0.6) is 0 Å². The fourth-order valence-electron chi connectivity index (χ4n) is 3.49. The number of anilines is 1. The van der Waals surface area contributed by atoms with Crippen LogP contribution in [0.15, 0.2) is 73.2 Å². The van der Waals surface area contributed by atoms with E-state index in [2.05, 4.69) is 32.7 Å². The van der Waals surface area contributed by atoms with E-state index in [1.54, 1.807) is 0 Å². The van der Waals surface area contributed by atoms with Gasteiger partial charge in [0.05, 0.1) is 6.42 Å². The summed E-state index contributed by atoms with van der Waals surface area (Å²) in [6, 6.07) is 16.0. The number of benzene rings is 1. The molecule has 146 valence electrons. The van der Waals surface area contributed by atoms with E-state index in [0.29, 0.717) is 18.2 Å². The molecule has 0 radical (unpaired) electrons. The molecule has 5 heteroatoms. The van der Waals surface area contributed by atoms with Gasteiger partial charge in [0.25, 0.3) is 0 Å². The average Bonchev–Trinajstić information content (AvgIpc) is 2.75. The number of hydrogen-bond donors (Lipinski definition) is 2. The fourth-order valence-corrected chi connectivity index (χ4v) is 3.49. The molecule has 2 aromatic heterocycles. The molecule has 1 unspecified atom stereocenters. The number of amides is 1. The van der Waals surface area contributed by atoms with E-state index in [9.17, 15) is 4.79 Å². The number of nitrogens with zero attached hydrogens (tertiary/aromatic N) is 2. The largest absolute Gasteiger partial charge is 0.391 e. The van der Waals surface area contributed by atoms with Gasteiger partial charge in [-0.1, -0.05) is 36.4 Å². The van der Waals surface area contributed by atoms with Crippen LogP contribution in [0.3, 0.4) is 0 Å². The monoisotopic (exact) mass is 384 g/mol. The molecule has 0 fully saturated rings. The van der Waals surface area contributed by atoms with Crippen molar-refractivity contribution in [3.63, 3.8) is 0 Å². The van der Waals surface area contributed by atoms with Crippen LogP contribution in [0.2, 0.25) is 0 Å². The van der Waals surface area contributed by atoms with Crippen LogP contribution in [0.4, 0.5) is 5.82 Å². The summed E-state index contributed by atoms with van der Waals surface area (Å²) in [5, 5.41) is 6.09. The van der Waals surface area contributed by atoms with E-state index in [1.807, 2.05) is 68.0 Å². The molecular weight excluding hydrogens is 360 g/mol. The summed E-state index contributed by atoms with van der Waals surface area (Å²) < 4.78 is 0. The SMILES string of the molecule is Cc1cc(-c2ccc(CC(=O)Nc3ccc(C4C=CNCC4)cn3)cc2)ccn1. The number of carbonyl (C=O) groups is 1. The Labute approximate surface area is 170 Å². The lowest BCUT2D eigenvalue weighted by Gasteiger charge is -2.17. The van der Waals surface area contributed by atoms with Crippen LogP contribution in [0.1, 0.15) is 29.2 Å². The molecule has 3 aromatic rings. The second kappa shape index (κ2) is 8.69. The number of hydrogen-bond acceptors (Lipinski definition) is 4. The molecule has 5 nitrogen and oxygen atoms in total. The van der Waals surface area contributed by atoms with Crippen LogP contribution in [0.25, 0.3) is 11.1 Å². The molecule has 1 atom stereocenters. The van der Waals surface area contributed by atoms with Crippen molar-refractivity contribution in [1.82, 2.24) is 15.3 Å². The number of rotatable bonds is 5. The summed E-state index contributed by atoms with van der Waals surface area (Å²) in [5.74, 6) is 0.899. The van der Waals surface area contributed by atoms with Crippen LogP contribution in [0, 0.1) is 6.92 Å². The smallest absolute Gasteiger partial charge is 0.229 e. The molecule has 4 rings (SSSR count). The van der Waals surface area contributed by atoms with Gasteiger partial charge >= 0.3 is 0 Å². The van der Waals surface area contributed by atoms with E-state index in [1.165, 1.54) is 5.56 Å². The molecule has 3 heterocycles. The number of carbonyl (C=O) groups excluding carboxylic acids is 1. The van der Waals surface area contributed by atoms with Gasteiger partial charge in [-0.15, -0.1) is 0 Å². The Morgan fingerprint density at radius 2 is 1.97 bits per heavy atom. The number of allylic oxidation sites excluding steroid dienone is 1. The van der Waals surface area contributed by atoms with E-state index in [-0.39, 0.29) is 5.91 Å². The van der Waals surface area contributed by atoms with Crippen molar-refractivity contribution in [2.75, 3.05) is 11.9 Å². The molecule has 29 heavy (non-hydrogen) atoms. The van der Waals surface area contributed by atoms with E-state index >= 15 is 0 Å².